The molecule has 2 aliphatic rings. The molecule has 3 aromatic rings. The van der Waals surface area contributed by atoms with E-state index in [1.807, 2.05) is 0 Å². The van der Waals surface area contributed by atoms with Crippen molar-refractivity contribution in [1.29, 1.82) is 0 Å². The molecule has 0 spiro atoms. The third-order valence-corrected chi connectivity index (χ3v) is 6.98. The number of halogens is 2. The van der Waals surface area contributed by atoms with E-state index in [1.54, 1.807) is 12.1 Å². The van der Waals surface area contributed by atoms with E-state index >= 15 is 0 Å². The first-order chi connectivity index (χ1) is 10.5. The molecule has 22 heavy (non-hydrogen) atoms. The summed E-state index contributed by atoms with van der Waals surface area (Å²) in [7, 11) is 0. The van der Waals surface area contributed by atoms with Crippen LogP contribution in [0.15, 0.2) is 24.3 Å². The Balaban J connectivity index is 1.79. The largest absolute Gasteiger partial charge is 0.195 e. The van der Waals surface area contributed by atoms with E-state index < -0.39 is 0 Å². The average Bonchev–Trinajstić information content (AvgIpc) is 3.17. The first-order valence-electron chi connectivity index (χ1n) is 7.31. The van der Waals surface area contributed by atoms with Crippen molar-refractivity contribution in [3.63, 3.8) is 0 Å². The number of thiophene rings is 2. The molecule has 0 nitrogen and oxygen atoms in total. The predicted molar refractivity (Wildman–Crippen MR) is 88.0 cm³/mol. The topological polar surface area (TPSA) is 0 Å². The van der Waals surface area contributed by atoms with Crippen LogP contribution in [0.25, 0.3) is 20.9 Å². The zero-order chi connectivity index (χ0) is 15.2. The maximum Gasteiger partial charge on any atom is 0.177 e. The molecule has 0 N–H and O–H groups in total. The third kappa shape index (κ3) is 1.45. The smallest absolute Gasteiger partial charge is 0.177 e. The molecular formula is C18H12F2S2. The van der Waals surface area contributed by atoms with Crippen LogP contribution in [-0.2, 0) is 0 Å². The van der Waals surface area contributed by atoms with Gasteiger partial charge in [-0.05, 0) is 57.6 Å². The predicted octanol–water partition coefficient (Wildman–Crippen LogP) is 6.35. The summed E-state index contributed by atoms with van der Waals surface area (Å²) in [5, 5.41) is -0.227. The Labute approximate surface area is 135 Å². The molecule has 0 radical (unpaired) electrons. The number of benzene rings is 1. The standard InChI is InChI=1S/C18H12F2S2/c1-7-9-3-14-10(8(2)12-6-16(20)22-18(12)14)4-13(9)17-11(7)5-15(19)21-17/h3-8H,1-2H3. The molecule has 2 aromatic heterocycles. The second-order valence-corrected chi connectivity index (χ2v) is 8.14. The van der Waals surface area contributed by atoms with Gasteiger partial charge in [-0.3, -0.25) is 0 Å². The van der Waals surface area contributed by atoms with E-state index in [-0.39, 0.29) is 22.1 Å². The van der Waals surface area contributed by atoms with Crippen LogP contribution in [-0.4, -0.2) is 0 Å². The highest BCUT2D eigenvalue weighted by atomic mass is 32.1. The molecule has 110 valence electrons. The molecule has 1 aromatic carbocycles. The van der Waals surface area contributed by atoms with E-state index in [0.29, 0.717) is 0 Å². The van der Waals surface area contributed by atoms with Crippen molar-refractivity contribution >= 4 is 22.7 Å². The zero-order valence-electron chi connectivity index (χ0n) is 12.0. The fourth-order valence-electron chi connectivity index (χ4n) is 3.89. The SMILES string of the molecule is CC1c2cc3c(cc2-c2sc(F)cc21)C(C)c1cc(F)sc1-3. The fourth-order valence-corrected chi connectivity index (χ4v) is 5.93. The van der Waals surface area contributed by atoms with Gasteiger partial charge in [0, 0.05) is 21.6 Å². The quantitative estimate of drug-likeness (QED) is 0.450. The van der Waals surface area contributed by atoms with E-state index in [2.05, 4.69) is 26.0 Å². The lowest BCUT2D eigenvalue weighted by atomic mass is 9.93. The lowest BCUT2D eigenvalue weighted by molar-refractivity contribution is 0.654. The Morgan fingerprint density at radius 2 is 1.09 bits per heavy atom. The van der Waals surface area contributed by atoms with Gasteiger partial charge in [0.05, 0.1) is 0 Å². The number of rotatable bonds is 0. The van der Waals surface area contributed by atoms with E-state index in [4.69, 9.17) is 0 Å². The summed E-state index contributed by atoms with van der Waals surface area (Å²) in [6.07, 6.45) is 0. The lowest BCUT2D eigenvalue weighted by Gasteiger charge is -2.11. The van der Waals surface area contributed by atoms with Gasteiger partial charge in [0.1, 0.15) is 0 Å². The maximum absolute atomic E-state index is 13.6. The van der Waals surface area contributed by atoms with E-state index in [0.717, 1.165) is 32.0 Å². The van der Waals surface area contributed by atoms with Crippen LogP contribution in [0.4, 0.5) is 8.78 Å². The monoisotopic (exact) mass is 330 g/mol. The number of fused-ring (bicyclic) bond motifs is 6. The maximum atomic E-state index is 13.6. The van der Waals surface area contributed by atoms with Gasteiger partial charge in [0.15, 0.2) is 10.3 Å². The molecule has 2 heterocycles. The molecule has 2 atom stereocenters. The molecule has 0 aliphatic heterocycles. The Morgan fingerprint density at radius 3 is 1.50 bits per heavy atom. The third-order valence-electron chi connectivity index (χ3n) is 5.04. The van der Waals surface area contributed by atoms with Crippen molar-refractivity contribution in [2.24, 2.45) is 0 Å². The Hall–Kier alpha value is -1.52. The van der Waals surface area contributed by atoms with Crippen molar-refractivity contribution in [2.45, 2.75) is 25.7 Å². The molecule has 0 fully saturated rings. The molecular weight excluding hydrogens is 318 g/mol. The van der Waals surface area contributed by atoms with Gasteiger partial charge < -0.3 is 0 Å². The normalized spacial score (nSPS) is 20.7. The molecule has 0 saturated heterocycles. The summed E-state index contributed by atoms with van der Waals surface area (Å²) < 4.78 is 27.2. The van der Waals surface area contributed by atoms with Crippen molar-refractivity contribution in [1.82, 2.24) is 0 Å². The Kier molecular flexibility index (Phi) is 2.39. The molecule has 0 bridgehead atoms. The van der Waals surface area contributed by atoms with Gasteiger partial charge in [-0.15, -0.1) is 22.7 Å². The minimum Gasteiger partial charge on any atom is -0.195 e. The highest BCUT2D eigenvalue weighted by molar-refractivity contribution is 7.14. The van der Waals surface area contributed by atoms with Crippen molar-refractivity contribution in [2.75, 3.05) is 0 Å². The fraction of sp³-hybridized carbons (Fsp3) is 0.222. The van der Waals surface area contributed by atoms with Gasteiger partial charge in [0.25, 0.3) is 0 Å². The highest BCUT2D eigenvalue weighted by Gasteiger charge is 2.34. The van der Waals surface area contributed by atoms with Crippen LogP contribution in [0.5, 0.6) is 0 Å². The molecule has 5 rings (SSSR count). The summed E-state index contributed by atoms with van der Waals surface area (Å²) in [4.78, 5) is 2.13. The van der Waals surface area contributed by atoms with Crippen molar-refractivity contribution < 1.29 is 8.78 Å². The summed E-state index contributed by atoms with van der Waals surface area (Å²) in [6.45, 7) is 4.25. The van der Waals surface area contributed by atoms with Crippen molar-refractivity contribution in [3.05, 3.63) is 56.8 Å². The van der Waals surface area contributed by atoms with Crippen LogP contribution in [0.2, 0.25) is 0 Å². The van der Waals surface area contributed by atoms with Gasteiger partial charge in [-0.25, -0.2) is 0 Å². The summed E-state index contributed by atoms with van der Waals surface area (Å²) in [6, 6.07) is 7.74. The minimum absolute atomic E-state index is 0.114. The number of hydrogen-bond acceptors (Lipinski definition) is 2. The first kappa shape index (κ1) is 13.0. The van der Waals surface area contributed by atoms with Gasteiger partial charge in [-0.2, -0.15) is 8.78 Å². The van der Waals surface area contributed by atoms with Crippen LogP contribution < -0.4 is 0 Å². The molecule has 4 heteroatoms. The second-order valence-electron chi connectivity index (χ2n) is 6.14. The molecule has 2 aliphatic carbocycles. The van der Waals surface area contributed by atoms with Gasteiger partial charge in [-0.1, -0.05) is 13.8 Å². The van der Waals surface area contributed by atoms with Gasteiger partial charge >= 0.3 is 0 Å². The lowest BCUT2D eigenvalue weighted by Crippen LogP contribution is -1.93. The molecule has 2 unspecified atom stereocenters. The van der Waals surface area contributed by atoms with Crippen LogP contribution >= 0.6 is 22.7 Å². The Bertz CT molecular complexity index is 870. The summed E-state index contributed by atoms with van der Waals surface area (Å²) in [5.74, 6) is 0.417. The first-order valence-corrected chi connectivity index (χ1v) is 8.95. The number of hydrogen-bond donors (Lipinski definition) is 0. The van der Waals surface area contributed by atoms with E-state index in [1.165, 1.54) is 33.8 Å². The van der Waals surface area contributed by atoms with Gasteiger partial charge in [0.2, 0.25) is 0 Å². The highest BCUT2D eigenvalue weighted by Crippen LogP contribution is 2.55. The van der Waals surface area contributed by atoms with E-state index in [9.17, 15) is 8.78 Å². The van der Waals surface area contributed by atoms with Crippen LogP contribution in [0.3, 0.4) is 0 Å². The summed E-state index contributed by atoms with van der Waals surface area (Å²) in [5.41, 5.74) is 7.00. The molecule has 0 saturated carbocycles. The Morgan fingerprint density at radius 1 is 0.682 bits per heavy atom. The van der Waals surface area contributed by atoms with Crippen LogP contribution in [0.1, 0.15) is 47.9 Å². The molecule has 0 amide bonds. The average molecular weight is 330 g/mol. The minimum atomic E-state index is -0.114. The van der Waals surface area contributed by atoms with Crippen molar-refractivity contribution in [3.8, 4) is 20.9 Å². The van der Waals surface area contributed by atoms with Crippen LogP contribution in [0, 0.1) is 10.3 Å². The second kappa shape index (κ2) is 4.06. The summed E-state index contributed by atoms with van der Waals surface area (Å²) >= 11 is 2.47. The zero-order valence-corrected chi connectivity index (χ0v) is 13.7.